The highest BCUT2D eigenvalue weighted by atomic mass is 79.9. The van der Waals surface area contributed by atoms with E-state index in [0.717, 1.165) is 21.4 Å². The van der Waals surface area contributed by atoms with Gasteiger partial charge < -0.3 is 14.2 Å². The molecule has 174 valence electrons. The smallest absolute Gasteiger partial charge is 0.421 e. The summed E-state index contributed by atoms with van der Waals surface area (Å²) in [6.07, 6.45) is -3.34. The first-order valence-electron chi connectivity index (χ1n) is 9.73. The molecule has 3 rings (SSSR count). The van der Waals surface area contributed by atoms with Gasteiger partial charge in [-0.1, -0.05) is 27.7 Å². The van der Waals surface area contributed by atoms with E-state index in [0.29, 0.717) is 10.2 Å². The Kier molecular flexibility index (Phi) is 8.25. The Morgan fingerprint density at radius 3 is 2.61 bits per heavy atom. The molecule has 33 heavy (non-hydrogen) atoms. The lowest BCUT2D eigenvalue weighted by Crippen LogP contribution is -2.14. The van der Waals surface area contributed by atoms with Crippen LogP contribution in [-0.4, -0.2) is 24.2 Å². The van der Waals surface area contributed by atoms with E-state index in [1.165, 1.54) is 24.0 Å². The van der Waals surface area contributed by atoms with Crippen LogP contribution in [0.2, 0.25) is 0 Å². The monoisotopic (exact) mass is 541 g/mol. The summed E-state index contributed by atoms with van der Waals surface area (Å²) in [6.45, 7) is 3.67. The molecule has 0 fully saturated rings. The number of aromatic nitrogens is 1. The van der Waals surface area contributed by atoms with E-state index in [2.05, 4.69) is 20.9 Å². The number of carbonyl (C=O) groups excluding carboxylic acids is 1. The van der Waals surface area contributed by atoms with Gasteiger partial charge in [0.2, 0.25) is 5.88 Å². The SMILES string of the molecule is CCOC(=O)COc1ccc(Sc2cc(Br)cc(Oc3ncccc3C(F)(F)F)c2)cc1C. The number of hydrogen-bond donors (Lipinski definition) is 0. The third kappa shape index (κ3) is 7.13. The van der Waals surface area contributed by atoms with Crippen molar-refractivity contribution in [1.29, 1.82) is 0 Å². The minimum atomic E-state index is -4.58. The zero-order chi connectivity index (χ0) is 24.0. The van der Waals surface area contributed by atoms with Crippen LogP contribution in [0.25, 0.3) is 0 Å². The maximum absolute atomic E-state index is 13.2. The second-order valence-corrected chi connectivity index (χ2v) is 8.76. The zero-order valence-corrected chi connectivity index (χ0v) is 20.0. The molecule has 0 bridgehead atoms. The zero-order valence-electron chi connectivity index (χ0n) is 17.6. The van der Waals surface area contributed by atoms with Gasteiger partial charge in [-0.25, -0.2) is 9.78 Å². The van der Waals surface area contributed by atoms with E-state index in [4.69, 9.17) is 14.2 Å². The normalized spacial score (nSPS) is 11.2. The third-order valence-corrected chi connectivity index (χ3v) is 5.59. The van der Waals surface area contributed by atoms with E-state index < -0.39 is 23.6 Å². The van der Waals surface area contributed by atoms with E-state index in [-0.39, 0.29) is 19.0 Å². The Hall–Kier alpha value is -2.72. The molecule has 0 spiro atoms. The Labute approximate surface area is 201 Å². The Bertz CT molecular complexity index is 1140. The Morgan fingerprint density at radius 2 is 1.91 bits per heavy atom. The number of ether oxygens (including phenoxy) is 3. The van der Waals surface area contributed by atoms with Crippen LogP contribution in [0.5, 0.6) is 17.4 Å². The van der Waals surface area contributed by atoms with Crippen molar-refractivity contribution >= 4 is 33.7 Å². The molecule has 0 saturated carbocycles. The Morgan fingerprint density at radius 1 is 1.12 bits per heavy atom. The number of rotatable bonds is 8. The van der Waals surface area contributed by atoms with Crippen LogP contribution < -0.4 is 9.47 Å². The molecule has 3 aromatic rings. The summed E-state index contributed by atoms with van der Waals surface area (Å²) in [5.41, 5.74) is -0.132. The molecule has 0 atom stereocenters. The van der Waals surface area contributed by atoms with Crippen LogP contribution in [0.15, 0.2) is 69.0 Å². The molecule has 5 nitrogen and oxygen atoms in total. The van der Waals surface area contributed by atoms with Crippen LogP contribution in [0.1, 0.15) is 18.1 Å². The molecule has 1 heterocycles. The number of nitrogens with zero attached hydrogens (tertiary/aromatic N) is 1. The van der Waals surface area contributed by atoms with Gasteiger partial charge in [-0.3, -0.25) is 0 Å². The maximum atomic E-state index is 13.2. The average molecular weight is 542 g/mol. The largest absolute Gasteiger partial charge is 0.482 e. The lowest BCUT2D eigenvalue weighted by atomic mass is 10.2. The van der Waals surface area contributed by atoms with Crippen molar-refractivity contribution in [1.82, 2.24) is 4.98 Å². The summed E-state index contributed by atoms with van der Waals surface area (Å²) in [6, 6.07) is 12.6. The van der Waals surface area contributed by atoms with Crippen LogP contribution in [-0.2, 0) is 15.7 Å². The van der Waals surface area contributed by atoms with Gasteiger partial charge in [0.15, 0.2) is 6.61 Å². The lowest BCUT2D eigenvalue weighted by Gasteiger charge is -2.13. The summed E-state index contributed by atoms with van der Waals surface area (Å²) < 4.78 is 56.2. The molecule has 0 aliphatic carbocycles. The van der Waals surface area contributed by atoms with Crippen LogP contribution in [0.4, 0.5) is 13.2 Å². The van der Waals surface area contributed by atoms with Crippen molar-refractivity contribution < 1.29 is 32.2 Å². The van der Waals surface area contributed by atoms with Gasteiger partial charge in [0.25, 0.3) is 0 Å². The number of esters is 1. The van der Waals surface area contributed by atoms with E-state index in [9.17, 15) is 18.0 Å². The van der Waals surface area contributed by atoms with E-state index >= 15 is 0 Å². The molecule has 0 aliphatic rings. The first-order valence-corrected chi connectivity index (χ1v) is 11.3. The van der Waals surface area contributed by atoms with Crippen molar-refractivity contribution in [3.63, 3.8) is 0 Å². The summed E-state index contributed by atoms with van der Waals surface area (Å²) in [7, 11) is 0. The van der Waals surface area contributed by atoms with Crippen LogP contribution in [0.3, 0.4) is 0 Å². The highest BCUT2D eigenvalue weighted by molar-refractivity contribution is 9.10. The summed E-state index contributed by atoms with van der Waals surface area (Å²) in [4.78, 5) is 16.8. The molecule has 1 aromatic heterocycles. The first-order chi connectivity index (χ1) is 15.7. The van der Waals surface area contributed by atoms with Gasteiger partial charge in [-0.15, -0.1) is 0 Å². The van der Waals surface area contributed by atoms with Crippen molar-refractivity contribution in [2.24, 2.45) is 0 Å². The number of pyridine rings is 1. The van der Waals surface area contributed by atoms with Gasteiger partial charge in [0, 0.05) is 20.5 Å². The molecule has 0 N–H and O–H groups in total. The van der Waals surface area contributed by atoms with Crippen molar-refractivity contribution in [3.05, 3.63) is 70.3 Å². The summed E-state index contributed by atoms with van der Waals surface area (Å²) in [5.74, 6) is -0.195. The average Bonchev–Trinajstić information content (AvgIpc) is 2.72. The second-order valence-electron chi connectivity index (χ2n) is 6.70. The van der Waals surface area contributed by atoms with Gasteiger partial charge in [-0.2, -0.15) is 13.2 Å². The van der Waals surface area contributed by atoms with Gasteiger partial charge in [0.1, 0.15) is 17.1 Å². The molecule has 0 unspecified atom stereocenters. The molecule has 0 radical (unpaired) electrons. The highest BCUT2D eigenvalue weighted by Gasteiger charge is 2.35. The molecular weight excluding hydrogens is 523 g/mol. The summed E-state index contributed by atoms with van der Waals surface area (Å²) in [5, 5.41) is 0. The van der Waals surface area contributed by atoms with Gasteiger partial charge in [-0.05, 0) is 67.9 Å². The third-order valence-electron chi connectivity index (χ3n) is 4.17. The topological polar surface area (TPSA) is 57.7 Å². The van der Waals surface area contributed by atoms with Crippen molar-refractivity contribution in [2.45, 2.75) is 29.8 Å². The molecule has 10 heteroatoms. The molecule has 0 saturated heterocycles. The quantitative estimate of drug-likeness (QED) is 0.284. The highest BCUT2D eigenvalue weighted by Crippen LogP contribution is 2.39. The van der Waals surface area contributed by atoms with Crippen LogP contribution >= 0.6 is 27.7 Å². The Balaban J connectivity index is 1.76. The number of benzene rings is 2. The molecule has 2 aromatic carbocycles. The second kappa shape index (κ2) is 10.9. The van der Waals surface area contributed by atoms with Crippen molar-refractivity contribution in [3.8, 4) is 17.4 Å². The predicted octanol–water partition coefficient (Wildman–Crippen LogP) is 7.06. The number of hydrogen-bond acceptors (Lipinski definition) is 6. The van der Waals surface area contributed by atoms with Crippen LogP contribution in [0, 0.1) is 6.92 Å². The predicted molar refractivity (Wildman–Crippen MR) is 121 cm³/mol. The first kappa shape index (κ1) is 24.9. The minimum Gasteiger partial charge on any atom is -0.482 e. The molecule has 0 aliphatic heterocycles. The fourth-order valence-corrected chi connectivity index (χ4v) is 4.41. The standard InChI is InChI=1S/C23H19BrF3NO4S/c1-3-30-21(29)13-31-20-7-6-17(9-14(20)2)33-18-11-15(24)10-16(12-18)32-22-19(23(25,26)27)5-4-8-28-22/h4-12H,3,13H2,1-2H3. The number of alkyl halides is 3. The van der Waals surface area contributed by atoms with E-state index in [1.807, 2.05) is 25.1 Å². The number of carbonyl (C=O) groups is 1. The number of aryl methyl sites for hydroxylation is 1. The fraction of sp³-hybridized carbons (Fsp3) is 0.217. The fourth-order valence-electron chi connectivity index (χ4n) is 2.78. The summed E-state index contributed by atoms with van der Waals surface area (Å²) >= 11 is 4.76. The lowest BCUT2D eigenvalue weighted by molar-refractivity contribution is -0.145. The van der Waals surface area contributed by atoms with E-state index in [1.54, 1.807) is 25.1 Å². The molecular formula is C23H19BrF3NO4S. The van der Waals surface area contributed by atoms with Crippen molar-refractivity contribution in [2.75, 3.05) is 13.2 Å². The van der Waals surface area contributed by atoms with Gasteiger partial charge >= 0.3 is 12.1 Å². The molecule has 0 amide bonds. The number of halogens is 4. The maximum Gasteiger partial charge on any atom is 0.421 e. The minimum absolute atomic E-state index is 0.180. The van der Waals surface area contributed by atoms with Gasteiger partial charge in [0.05, 0.1) is 6.61 Å².